The molecule has 0 aliphatic carbocycles. The van der Waals surface area contributed by atoms with Crippen LogP contribution in [0.5, 0.6) is 0 Å². The fourth-order valence-electron chi connectivity index (χ4n) is 1.65. The third-order valence-electron chi connectivity index (χ3n) is 2.85. The number of carbonyl (C=O) groups excluding carboxylic acids is 1. The van der Waals surface area contributed by atoms with Crippen LogP contribution in [0.1, 0.15) is 42.4 Å². The van der Waals surface area contributed by atoms with Crippen molar-refractivity contribution in [3.63, 3.8) is 0 Å². The SMILES string of the molecule is Cc1cc(C(=O)NC(CCO)C(C)(C)C)sc1Br. The van der Waals surface area contributed by atoms with Crippen molar-refractivity contribution >= 4 is 33.2 Å². The van der Waals surface area contributed by atoms with Crippen LogP contribution in [-0.2, 0) is 0 Å². The topological polar surface area (TPSA) is 49.3 Å². The number of hydrogen-bond acceptors (Lipinski definition) is 3. The molecule has 1 aromatic heterocycles. The lowest BCUT2D eigenvalue weighted by atomic mass is 9.85. The van der Waals surface area contributed by atoms with Gasteiger partial charge in [-0.15, -0.1) is 11.3 Å². The second-order valence-electron chi connectivity index (χ2n) is 5.47. The van der Waals surface area contributed by atoms with Crippen LogP contribution < -0.4 is 5.32 Å². The molecule has 5 heteroatoms. The van der Waals surface area contributed by atoms with Crippen LogP contribution in [0, 0.1) is 12.3 Å². The van der Waals surface area contributed by atoms with Gasteiger partial charge in [0.1, 0.15) is 0 Å². The van der Waals surface area contributed by atoms with Crippen LogP contribution in [0.25, 0.3) is 0 Å². The highest BCUT2D eigenvalue weighted by atomic mass is 79.9. The van der Waals surface area contributed by atoms with Gasteiger partial charge in [-0.3, -0.25) is 4.79 Å². The van der Waals surface area contributed by atoms with Gasteiger partial charge in [-0.1, -0.05) is 20.8 Å². The molecule has 0 spiro atoms. The number of rotatable bonds is 4. The Hall–Kier alpha value is -0.390. The fraction of sp³-hybridized carbons (Fsp3) is 0.615. The monoisotopic (exact) mass is 333 g/mol. The van der Waals surface area contributed by atoms with Crippen molar-refractivity contribution in [2.75, 3.05) is 6.61 Å². The summed E-state index contributed by atoms with van der Waals surface area (Å²) < 4.78 is 0.988. The molecule has 0 aliphatic heterocycles. The van der Waals surface area contributed by atoms with E-state index in [1.807, 2.05) is 13.0 Å². The van der Waals surface area contributed by atoms with Crippen molar-refractivity contribution in [2.45, 2.75) is 40.2 Å². The maximum atomic E-state index is 12.1. The highest BCUT2D eigenvalue weighted by Gasteiger charge is 2.26. The molecule has 0 bridgehead atoms. The van der Waals surface area contributed by atoms with Crippen molar-refractivity contribution in [2.24, 2.45) is 5.41 Å². The molecule has 0 aliphatic rings. The molecule has 2 N–H and O–H groups in total. The van der Waals surface area contributed by atoms with E-state index in [4.69, 9.17) is 5.11 Å². The average Bonchev–Trinajstić information content (AvgIpc) is 2.57. The van der Waals surface area contributed by atoms with E-state index >= 15 is 0 Å². The minimum absolute atomic E-state index is 0.0313. The van der Waals surface area contributed by atoms with Gasteiger partial charge in [0.2, 0.25) is 0 Å². The third-order valence-corrected chi connectivity index (χ3v) is 4.98. The number of hydrogen-bond donors (Lipinski definition) is 2. The fourth-order valence-corrected chi connectivity index (χ4v) is 3.09. The van der Waals surface area contributed by atoms with Crippen LogP contribution in [0.4, 0.5) is 0 Å². The summed E-state index contributed by atoms with van der Waals surface area (Å²) in [6, 6.07) is 1.85. The van der Waals surface area contributed by atoms with Gasteiger partial charge in [0.25, 0.3) is 5.91 Å². The lowest BCUT2D eigenvalue weighted by molar-refractivity contribution is 0.0889. The van der Waals surface area contributed by atoms with Gasteiger partial charge in [-0.05, 0) is 46.3 Å². The molecule has 1 rings (SSSR count). The third kappa shape index (κ3) is 4.07. The summed E-state index contributed by atoms with van der Waals surface area (Å²) in [6.45, 7) is 8.22. The van der Waals surface area contributed by atoms with Crippen LogP contribution in [-0.4, -0.2) is 23.7 Å². The number of amides is 1. The number of aryl methyl sites for hydroxylation is 1. The van der Waals surface area contributed by atoms with E-state index in [0.717, 1.165) is 9.35 Å². The van der Waals surface area contributed by atoms with Gasteiger partial charge in [0.05, 0.1) is 8.66 Å². The number of nitrogens with one attached hydrogen (secondary N) is 1. The molecule has 0 saturated carbocycles. The number of thiophene rings is 1. The summed E-state index contributed by atoms with van der Waals surface area (Å²) in [6.07, 6.45) is 0.570. The lowest BCUT2D eigenvalue weighted by Crippen LogP contribution is -2.44. The normalized spacial score (nSPS) is 13.4. The molecular weight excluding hydrogens is 314 g/mol. The number of aliphatic hydroxyl groups is 1. The summed E-state index contributed by atoms with van der Waals surface area (Å²) in [7, 11) is 0. The van der Waals surface area contributed by atoms with Crippen molar-refractivity contribution in [1.29, 1.82) is 0 Å². The highest BCUT2D eigenvalue weighted by Crippen LogP contribution is 2.28. The first-order valence-electron chi connectivity index (χ1n) is 5.93. The molecular formula is C13H20BrNO2S. The van der Waals surface area contributed by atoms with E-state index in [1.165, 1.54) is 11.3 Å². The molecule has 1 atom stereocenters. The van der Waals surface area contributed by atoms with Gasteiger partial charge >= 0.3 is 0 Å². The van der Waals surface area contributed by atoms with Crippen molar-refractivity contribution in [1.82, 2.24) is 5.32 Å². The van der Waals surface area contributed by atoms with Crippen molar-refractivity contribution in [3.05, 3.63) is 20.3 Å². The van der Waals surface area contributed by atoms with E-state index in [-0.39, 0.29) is 24.0 Å². The van der Waals surface area contributed by atoms with E-state index in [2.05, 4.69) is 42.0 Å². The second-order valence-corrected chi connectivity index (χ2v) is 7.84. The number of aliphatic hydroxyl groups excluding tert-OH is 1. The molecule has 1 aromatic rings. The Labute approximate surface area is 121 Å². The van der Waals surface area contributed by atoms with Gasteiger partial charge in [0, 0.05) is 12.6 Å². The smallest absolute Gasteiger partial charge is 0.261 e. The summed E-state index contributed by atoms with van der Waals surface area (Å²) in [5, 5.41) is 12.1. The van der Waals surface area contributed by atoms with Gasteiger partial charge in [0.15, 0.2) is 0 Å². The molecule has 1 heterocycles. The Morgan fingerprint density at radius 1 is 1.56 bits per heavy atom. The Bertz CT molecular complexity index is 404. The maximum absolute atomic E-state index is 12.1. The predicted octanol–water partition coefficient (Wildman–Crippen LogP) is 3.35. The first-order valence-corrected chi connectivity index (χ1v) is 7.54. The molecule has 0 fully saturated rings. The van der Waals surface area contributed by atoms with Crippen LogP contribution in [0.2, 0.25) is 0 Å². The Kier molecular flexibility index (Phi) is 5.37. The Balaban J connectivity index is 2.78. The van der Waals surface area contributed by atoms with E-state index in [1.54, 1.807) is 0 Å². The first kappa shape index (κ1) is 15.7. The maximum Gasteiger partial charge on any atom is 0.261 e. The average molecular weight is 334 g/mol. The molecule has 1 unspecified atom stereocenters. The molecule has 0 aromatic carbocycles. The van der Waals surface area contributed by atoms with E-state index < -0.39 is 0 Å². The summed E-state index contributed by atoms with van der Waals surface area (Å²) in [4.78, 5) is 12.8. The molecule has 0 saturated heterocycles. The predicted molar refractivity (Wildman–Crippen MR) is 79.2 cm³/mol. The molecule has 3 nitrogen and oxygen atoms in total. The number of halogens is 1. The van der Waals surface area contributed by atoms with Crippen LogP contribution in [0.15, 0.2) is 9.85 Å². The standard InChI is InChI=1S/C13H20BrNO2S/c1-8-7-9(18-11(8)14)12(17)15-10(5-6-16)13(2,3)4/h7,10,16H,5-6H2,1-4H3,(H,15,17). The van der Waals surface area contributed by atoms with Crippen LogP contribution in [0.3, 0.4) is 0 Å². The first-order chi connectivity index (χ1) is 8.25. The number of carbonyl (C=O) groups is 1. The summed E-state index contributed by atoms with van der Waals surface area (Å²) >= 11 is 4.85. The highest BCUT2D eigenvalue weighted by molar-refractivity contribution is 9.11. The minimum atomic E-state index is -0.0675. The van der Waals surface area contributed by atoms with Gasteiger partial charge < -0.3 is 10.4 Å². The zero-order chi connectivity index (χ0) is 13.9. The minimum Gasteiger partial charge on any atom is -0.396 e. The Morgan fingerprint density at radius 2 is 2.17 bits per heavy atom. The molecule has 0 radical (unpaired) electrons. The largest absolute Gasteiger partial charge is 0.396 e. The zero-order valence-electron chi connectivity index (χ0n) is 11.2. The molecule has 1 amide bonds. The molecule has 18 heavy (non-hydrogen) atoms. The van der Waals surface area contributed by atoms with Gasteiger partial charge in [-0.2, -0.15) is 0 Å². The zero-order valence-corrected chi connectivity index (χ0v) is 13.6. The van der Waals surface area contributed by atoms with E-state index in [0.29, 0.717) is 11.3 Å². The molecule has 102 valence electrons. The van der Waals surface area contributed by atoms with Crippen molar-refractivity contribution < 1.29 is 9.90 Å². The van der Waals surface area contributed by atoms with E-state index in [9.17, 15) is 4.79 Å². The van der Waals surface area contributed by atoms with Crippen molar-refractivity contribution in [3.8, 4) is 0 Å². The summed E-state index contributed by atoms with van der Waals surface area (Å²) in [5.41, 5.74) is 1.00. The Morgan fingerprint density at radius 3 is 2.56 bits per heavy atom. The quantitative estimate of drug-likeness (QED) is 0.887. The summed E-state index contributed by atoms with van der Waals surface area (Å²) in [5.74, 6) is -0.0674. The lowest BCUT2D eigenvalue weighted by Gasteiger charge is -2.30. The van der Waals surface area contributed by atoms with Crippen LogP contribution >= 0.6 is 27.3 Å². The van der Waals surface area contributed by atoms with Gasteiger partial charge in [-0.25, -0.2) is 0 Å². The second kappa shape index (κ2) is 6.17.